The van der Waals surface area contributed by atoms with Gasteiger partial charge in [-0.25, -0.2) is 0 Å². The summed E-state index contributed by atoms with van der Waals surface area (Å²) in [4.78, 5) is 15.2. The molecule has 0 spiro atoms. The zero-order valence-corrected chi connectivity index (χ0v) is 39.8. The second-order valence-electron chi connectivity index (χ2n) is 18.0. The van der Waals surface area contributed by atoms with Crippen LogP contribution in [0.15, 0.2) is 218 Å². The Hall–Kier alpha value is -7.94. The molecule has 3 aliphatic heterocycles. The molecule has 4 bridgehead atoms. The van der Waals surface area contributed by atoms with Gasteiger partial charge in [0.25, 0.3) is 0 Å². The summed E-state index contributed by atoms with van der Waals surface area (Å²) in [5.74, 6) is 0. The Kier molecular flexibility index (Phi) is 13.9. The average molecular weight is 907 g/mol. The molecule has 69 heavy (non-hydrogen) atoms. The maximum atomic E-state index is 4.07. The summed E-state index contributed by atoms with van der Waals surface area (Å²) in [7, 11) is 2.25. The fraction of sp³-hybridized carbons (Fsp3) is 0.180. The van der Waals surface area contributed by atoms with Crippen LogP contribution >= 0.6 is 0 Å². The van der Waals surface area contributed by atoms with E-state index in [2.05, 4.69) is 272 Å². The van der Waals surface area contributed by atoms with Gasteiger partial charge in [0.2, 0.25) is 0 Å². The van der Waals surface area contributed by atoms with E-state index >= 15 is 0 Å². The van der Waals surface area contributed by atoms with Gasteiger partial charge in [0.05, 0.1) is 61.8 Å². The summed E-state index contributed by atoms with van der Waals surface area (Å²) in [5.41, 5.74) is 16.8. The molecule has 0 saturated heterocycles. The van der Waals surface area contributed by atoms with Crippen LogP contribution in [0.25, 0.3) is 40.3 Å². The highest BCUT2D eigenvalue weighted by Crippen LogP contribution is 2.39. The van der Waals surface area contributed by atoms with Crippen molar-refractivity contribution in [1.29, 1.82) is 0 Å². The Bertz CT molecular complexity index is 2890. The van der Waals surface area contributed by atoms with Crippen molar-refractivity contribution in [1.82, 2.24) is 40.0 Å². The average Bonchev–Trinajstić information content (AvgIpc) is 3.93. The van der Waals surface area contributed by atoms with Crippen LogP contribution in [-0.4, -0.2) is 96.0 Å². The first kappa shape index (κ1) is 44.9. The molecule has 7 aromatic rings. The molecule has 2 N–H and O–H groups in total. The largest absolute Gasteiger partial charge is 0.381 e. The van der Waals surface area contributed by atoms with Gasteiger partial charge in [-0.3, -0.25) is 5.32 Å². The molecule has 0 unspecified atom stereocenters. The molecule has 0 fully saturated rings. The monoisotopic (exact) mass is 907 g/mol. The van der Waals surface area contributed by atoms with Crippen LogP contribution in [0.1, 0.15) is 45.9 Å². The van der Waals surface area contributed by atoms with Crippen LogP contribution < -0.4 is 10.6 Å². The van der Waals surface area contributed by atoms with Gasteiger partial charge in [0.15, 0.2) is 0 Å². The maximum absolute atomic E-state index is 4.07. The first-order chi connectivity index (χ1) is 34.1. The molecule has 3 heterocycles. The smallest absolute Gasteiger partial charge is 0.0919 e. The lowest BCUT2D eigenvalue weighted by molar-refractivity contribution is 0.197. The molecule has 0 atom stereocenters. The first-order valence-corrected chi connectivity index (χ1v) is 24.3. The number of fused-ring (bicyclic) bond motifs is 4. The number of hydrogen-bond acceptors (Lipinski definition) is 8. The SMILES string of the molecule is CC1=C(c2ccccc2)N2CN(C)C(c3ccccc3)=C(c3ccccc3)NCCN3CN(CNCN(/C(=C/c4ccccc4)c4ccccc4)CCN1C2)C(c1ccccc1)=C3c1ccccc1. The Balaban J connectivity index is 1.11. The van der Waals surface area contributed by atoms with Crippen LogP contribution in [0.4, 0.5) is 0 Å². The molecule has 346 valence electrons. The van der Waals surface area contributed by atoms with Crippen molar-refractivity contribution < 1.29 is 0 Å². The topological polar surface area (TPSA) is 43.5 Å². The first-order valence-electron chi connectivity index (χ1n) is 24.3. The Morgan fingerprint density at radius 2 is 0.884 bits per heavy atom. The highest BCUT2D eigenvalue weighted by atomic mass is 15.4. The standard InChI is InChI=1S/C61H62N8/c1-48-58(52-30-16-6-17-31-52)69-45-64(2)59(53-32-18-7-19-33-53)57(51-28-14-5-15-29-51)63-38-39-67-47-68(61(55-36-22-9-23-37-55)60(67)54-34-20-8-21-35-54)44-62-43-65(40-41-66(48)46-69)56(50-26-12-4-13-27-50)42-49-24-10-3-11-25-49/h3-37,42,62-63H,38-41,43-47H2,1-2H3/b56-42+,59-57?. The number of rotatable bonds is 8. The summed E-state index contributed by atoms with van der Waals surface area (Å²) in [6.07, 6.45) is 2.35. The van der Waals surface area contributed by atoms with Crippen molar-refractivity contribution in [2.75, 3.05) is 66.6 Å². The van der Waals surface area contributed by atoms with E-state index < -0.39 is 0 Å². The highest BCUT2D eigenvalue weighted by Gasteiger charge is 2.33. The molecule has 0 aromatic heterocycles. The second kappa shape index (κ2) is 21.3. The number of nitrogens with one attached hydrogen (secondary N) is 2. The summed E-state index contributed by atoms with van der Waals surface area (Å²) >= 11 is 0. The number of hydrogen-bond donors (Lipinski definition) is 2. The number of nitrogens with zero attached hydrogens (tertiary/aromatic N) is 6. The van der Waals surface area contributed by atoms with E-state index in [0.717, 1.165) is 56.5 Å². The van der Waals surface area contributed by atoms with Crippen LogP contribution in [-0.2, 0) is 0 Å². The van der Waals surface area contributed by atoms with E-state index in [1.165, 1.54) is 61.9 Å². The minimum atomic E-state index is 0.647. The minimum absolute atomic E-state index is 0.647. The van der Waals surface area contributed by atoms with Crippen molar-refractivity contribution >= 4 is 40.3 Å². The Morgan fingerprint density at radius 3 is 1.45 bits per heavy atom. The van der Waals surface area contributed by atoms with Gasteiger partial charge in [-0.15, -0.1) is 0 Å². The van der Waals surface area contributed by atoms with Gasteiger partial charge >= 0.3 is 0 Å². The predicted octanol–water partition coefficient (Wildman–Crippen LogP) is 11.1. The van der Waals surface area contributed by atoms with Crippen LogP contribution in [0, 0.1) is 0 Å². The highest BCUT2D eigenvalue weighted by molar-refractivity contribution is 5.91. The predicted molar refractivity (Wildman–Crippen MR) is 286 cm³/mol. The zero-order valence-electron chi connectivity index (χ0n) is 39.8. The van der Waals surface area contributed by atoms with Crippen LogP contribution in [0.5, 0.6) is 0 Å². The van der Waals surface area contributed by atoms with E-state index in [0.29, 0.717) is 20.0 Å². The summed E-state index contributed by atoms with van der Waals surface area (Å²) < 4.78 is 0. The number of benzene rings is 7. The molecule has 8 heteroatoms. The van der Waals surface area contributed by atoms with E-state index in [-0.39, 0.29) is 0 Å². The molecule has 3 aliphatic rings. The fourth-order valence-corrected chi connectivity index (χ4v) is 10.1. The molecule has 8 nitrogen and oxygen atoms in total. The van der Waals surface area contributed by atoms with E-state index in [1.807, 2.05) is 0 Å². The molecule has 0 amide bonds. The quantitative estimate of drug-likeness (QED) is 0.146. The normalized spacial score (nSPS) is 16.7. The summed E-state index contributed by atoms with van der Waals surface area (Å²) in [6, 6.07) is 76.2. The van der Waals surface area contributed by atoms with E-state index in [1.54, 1.807) is 0 Å². The molecule has 7 aromatic carbocycles. The maximum Gasteiger partial charge on any atom is 0.0919 e. The van der Waals surface area contributed by atoms with Gasteiger partial charge in [-0.05, 0) is 46.4 Å². The molecule has 0 radical (unpaired) electrons. The summed E-state index contributed by atoms with van der Waals surface area (Å²) in [5, 5.41) is 8.09. The van der Waals surface area contributed by atoms with Gasteiger partial charge in [0, 0.05) is 50.2 Å². The van der Waals surface area contributed by atoms with Crippen molar-refractivity contribution in [2.45, 2.75) is 6.92 Å². The van der Waals surface area contributed by atoms with Gasteiger partial charge in [-0.2, -0.15) is 0 Å². The van der Waals surface area contributed by atoms with E-state index in [9.17, 15) is 0 Å². The minimum Gasteiger partial charge on any atom is -0.381 e. The van der Waals surface area contributed by atoms with Crippen molar-refractivity contribution in [2.24, 2.45) is 0 Å². The molecular formula is C61H62N8. The van der Waals surface area contributed by atoms with Crippen molar-refractivity contribution in [3.05, 3.63) is 257 Å². The lowest BCUT2D eigenvalue weighted by atomic mass is 10.0. The van der Waals surface area contributed by atoms with Crippen LogP contribution in [0.3, 0.4) is 0 Å². The molecule has 0 aliphatic carbocycles. The van der Waals surface area contributed by atoms with Crippen molar-refractivity contribution in [3.8, 4) is 0 Å². The van der Waals surface area contributed by atoms with Gasteiger partial charge in [0.1, 0.15) is 0 Å². The van der Waals surface area contributed by atoms with Crippen molar-refractivity contribution in [3.63, 3.8) is 0 Å². The number of allylic oxidation sites excluding steroid dienone is 1. The Morgan fingerprint density at radius 1 is 0.420 bits per heavy atom. The molecule has 10 rings (SSSR count). The molecule has 0 saturated carbocycles. The Labute approximate surface area is 409 Å². The third-order valence-corrected chi connectivity index (χ3v) is 13.4. The van der Waals surface area contributed by atoms with Gasteiger partial charge in [-0.1, -0.05) is 212 Å². The lowest BCUT2D eigenvalue weighted by Crippen LogP contribution is -2.43. The third-order valence-electron chi connectivity index (χ3n) is 13.4. The van der Waals surface area contributed by atoms with E-state index in [4.69, 9.17) is 0 Å². The molecular weight excluding hydrogens is 845 g/mol. The summed E-state index contributed by atoms with van der Waals surface area (Å²) in [6.45, 7) is 8.90. The zero-order chi connectivity index (χ0) is 46.8. The van der Waals surface area contributed by atoms with Crippen LogP contribution in [0.2, 0.25) is 0 Å². The second-order valence-corrected chi connectivity index (χ2v) is 18.0. The van der Waals surface area contributed by atoms with Gasteiger partial charge < -0.3 is 34.7 Å². The third kappa shape index (κ3) is 10.2. The lowest BCUT2D eigenvalue weighted by Gasteiger charge is -2.34. The fourth-order valence-electron chi connectivity index (χ4n) is 10.1.